The van der Waals surface area contributed by atoms with Gasteiger partial charge in [0.25, 0.3) is 0 Å². The van der Waals surface area contributed by atoms with E-state index in [9.17, 15) is 0 Å². The number of hydrogen-bond acceptors (Lipinski definition) is 1. The van der Waals surface area contributed by atoms with Gasteiger partial charge in [0.05, 0.1) is 0 Å². The second kappa shape index (κ2) is 35.3. The molecule has 0 heterocycles. The maximum atomic E-state index is 0. The summed E-state index contributed by atoms with van der Waals surface area (Å²) in [6.07, 6.45) is 0. The van der Waals surface area contributed by atoms with E-state index in [2.05, 4.69) is 0 Å². The van der Waals surface area contributed by atoms with Crippen LogP contribution in [0.4, 0.5) is 0 Å². The standard InChI is InChI=1S/Ar.He.Kr.H3N.H2O.Xe/h;;;1H3;1H2;. The van der Waals surface area contributed by atoms with Gasteiger partial charge in [-0.2, -0.15) is 0 Å². The van der Waals surface area contributed by atoms with Crippen molar-refractivity contribution in [2.75, 3.05) is 0 Å². The zero-order valence-electron chi connectivity index (χ0n) is 2.97. The summed E-state index contributed by atoms with van der Waals surface area (Å²) in [6.45, 7) is 0. The fourth-order valence-electron chi connectivity index (χ4n) is 0. The Hall–Kier alpha value is 4.14. The van der Waals surface area contributed by atoms with Crippen molar-refractivity contribution in [3.63, 3.8) is 0 Å². The molecule has 0 fully saturated rings. The van der Waals surface area contributed by atoms with Gasteiger partial charge in [-0.05, 0) is 0 Å². The van der Waals surface area contributed by atoms with Crippen molar-refractivity contribution in [3.05, 3.63) is 0 Å². The van der Waals surface area contributed by atoms with E-state index in [1.54, 1.807) is 0 Å². The summed E-state index contributed by atoms with van der Waals surface area (Å²) in [7, 11) is 0. The molecular weight excluding hydrogens is 289 g/mol. The second-order valence-electron chi connectivity index (χ2n) is 0. The van der Waals surface area contributed by atoms with Gasteiger partial charge in [-0.1, -0.05) is 0 Å². The molecule has 6 heteroatoms. The molecule has 0 unspecified atom stereocenters. The van der Waals surface area contributed by atoms with Crippen molar-refractivity contribution in [2.24, 2.45) is 0 Å². The van der Waals surface area contributed by atoms with Crippen molar-refractivity contribution in [1.29, 1.82) is 0 Å². The van der Waals surface area contributed by atoms with Crippen LogP contribution >= 0.6 is 0 Å². The molecule has 0 aliphatic rings. The van der Waals surface area contributed by atoms with Gasteiger partial charge in [-0.25, -0.2) is 0 Å². The van der Waals surface area contributed by atoms with Crippen molar-refractivity contribution in [2.45, 2.75) is 0 Å². The van der Waals surface area contributed by atoms with Crippen molar-refractivity contribution < 1.29 is 144 Å². The normalized spacial score (nSPS) is 0. The van der Waals surface area contributed by atoms with Crippen LogP contribution in [0.15, 0.2) is 0 Å². The van der Waals surface area contributed by atoms with E-state index in [0.717, 1.165) is 0 Å². The first-order valence-corrected chi connectivity index (χ1v) is 0. The van der Waals surface area contributed by atoms with E-state index < -0.39 is 0 Å². The molecule has 0 amide bonds. The van der Waals surface area contributed by atoms with Gasteiger partial charge >= 0.3 is 0 Å². The van der Waals surface area contributed by atoms with Crippen LogP contribution in [0.3, 0.4) is 0 Å². The summed E-state index contributed by atoms with van der Waals surface area (Å²) < 4.78 is 0. The fraction of sp³-hybridized carbons (Fsp3) is 0. The van der Waals surface area contributed by atoms with Gasteiger partial charge in [-0.15, -0.1) is 0 Å². The maximum Gasteiger partial charge on any atom is 0 e. The third kappa shape index (κ3) is 24.2. The van der Waals surface area contributed by atoms with Crippen molar-refractivity contribution in [3.8, 4) is 0 Å². The number of hydrogen-bond donors (Lipinski definition) is 1. The zero-order chi connectivity index (χ0) is 0. The monoisotopic (exact) mass is 295 g/mol. The minimum atomic E-state index is 0. The molecule has 0 bridgehead atoms. The topological polar surface area (TPSA) is 66.5 Å². The van der Waals surface area contributed by atoms with Gasteiger partial charge in [-0.3, -0.25) is 0 Å². The van der Waals surface area contributed by atoms with Crippen LogP contribution in [0.1, 0.15) is 0 Å². The third-order valence-corrected chi connectivity index (χ3v) is 0. The van der Waals surface area contributed by atoms with Gasteiger partial charge in [0.1, 0.15) is 0 Å². The molecule has 0 aliphatic carbocycles. The van der Waals surface area contributed by atoms with Crippen LogP contribution in [0.5, 0.6) is 0 Å². The van der Waals surface area contributed by atoms with Gasteiger partial charge < -0.3 is 11.6 Å². The minimum Gasteiger partial charge on any atom is -0.412 e. The van der Waals surface area contributed by atoms with Crippen LogP contribution in [0, 0.1) is 138 Å². The molecule has 2 nitrogen and oxygen atoms in total. The summed E-state index contributed by atoms with van der Waals surface area (Å²) >= 11 is 0. The molecule has 0 aromatic heterocycles. The summed E-state index contributed by atoms with van der Waals surface area (Å²) in [5, 5.41) is 0. The Kier molecular flexibility index (Phi) is 291. The van der Waals surface area contributed by atoms with Gasteiger partial charge in [0.15, 0.2) is 0 Å². The molecule has 42 valence electrons. The summed E-state index contributed by atoms with van der Waals surface area (Å²) in [6, 6.07) is 0. The summed E-state index contributed by atoms with van der Waals surface area (Å²) in [4.78, 5) is 0. The molecule has 0 aliphatic heterocycles. The Bertz CT molecular complexity index is 15.5. The average Bonchev–Trinajstić information content (AvgIpc) is 0. The van der Waals surface area contributed by atoms with Crippen molar-refractivity contribution in [1.82, 2.24) is 6.15 Å². The molecule has 6 heavy (non-hydrogen) atoms. The average molecular weight is 294 g/mol. The van der Waals surface area contributed by atoms with Crippen LogP contribution in [0.2, 0.25) is 0 Å². The molecular formula is H5ArHeKrNOXe. The van der Waals surface area contributed by atoms with E-state index >= 15 is 0 Å². The van der Waals surface area contributed by atoms with Gasteiger partial charge in [0.2, 0.25) is 0 Å². The molecule has 0 aromatic rings. The first kappa shape index (κ1) is 49.4. The fourth-order valence-corrected chi connectivity index (χ4v) is 0. The smallest absolute Gasteiger partial charge is 0 e. The van der Waals surface area contributed by atoms with Crippen LogP contribution in [0.25, 0.3) is 0 Å². The van der Waals surface area contributed by atoms with E-state index in [1.165, 1.54) is 0 Å². The van der Waals surface area contributed by atoms with E-state index in [0.29, 0.717) is 0 Å². The van der Waals surface area contributed by atoms with E-state index in [1.807, 2.05) is 0 Å². The van der Waals surface area contributed by atoms with E-state index in [-0.39, 0.29) is 150 Å². The van der Waals surface area contributed by atoms with E-state index in [4.69, 9.17) is 0 Å². The number of rotatable bonds is 0. The predicted octanol–water partition coefficient (Wildman–Crippen LogP) is -0.663. The van der Waals surface area contributed by atoms with Crippen LogP contribution in [-0.2, 0) is 0 Å². The molecule has 0 saturated carbocycles. The quantitative estimate of drug-likeness (QED) is 0.633. The zero-order valence-corrected chi connectivity index (χ0v) is 7.18. The first-order chi connectivity index (χ1) is 0. The molecule has 0 aromatic carbocycles. The molecule has 5 N–H and O–H groups in total. The Morgan fingerprint density at radius 1 is 1.00 bits per heavy atom. The Morgan fingerprint density at radius 3 is 1.00 bits per heavy atom. The largest absolute Gasteiger partial charge is 0.412 e. The molecule has 0 rings (SSSR count). The molecule has 0 spiro atoms. The summed E-state index contributed by atoms with van der Waals surface area (Å²) in [5.41, 5.74) is 0. The predicted molar refractivity (Wildman–Crippen MR) is 8.64 cm³/mol. The van der Waals surface area contributed by atoms with Crippen LogP contribution < -0.4 is 6.15 Å². The molecule has 0 atom stereocenters. The van der Waals surface area contributed by atoms with Crippen molar-refractivity contribution >= 4 is 0 Å². The Labute approximate surface area is 145 Å². The third-order valence-electron chi connectivity index (χ3n) is 0. The first-order valence-electron chi connectivity index (χ1n) is 0. The minimum absolute atomic E-state index is 0. The molecule has 0 radical (unpaired) electrons. The van der Waals surface area contributed by atoms with Crippen LogP contribution in [-0.4, -0.2) is 5.48 Å². The summed E-state index contributed by atoms with van der Waals surface area (Å²) in [5.74, 6) is 0. The Morgan fingerprint density at radius 2 is 1.00 bits per heavy atom. The Balaban J connectivity index is 0. The second-order valence-corrected chi connectivity index (χ2v) is 0. The SMILES string of the molecule is N.O.[Ar].[He].[Kr].[Xe]. The maximum absolute atomic E-state index is 0. The van der Waals surface area contributed by atoms with Gasteiger partial charge in [0, 0.05) is 138 Å². The molecule has 0 saturated heterocycles.